The van der Waals surface area contributed by atoms with Gasteiger partial charge in [-0.05, 0) is 36.8 Å². The van der Waals surface area contributed by atoms with Crippen LogP contribution in [0.2, 0.25) is 0 Å². The fraction of sp³-hybridized carbons (Fsp3) is 0.652. The Morgan fingerprint density at radius 1 is 1.17 bits per heavy atom. The number of nitrogens with one attached hydrogen (secondary N) is 1. The highest BCUT2D eigenvalue weighted by Crippen LogP contribution is 2.21. The van der Waals surface area contributed by atoms with Crippen LogP contribution in [-0.2, 0) is 25.5 Å². The smallest absolute Gasteiger partial charge is 0.313 e. The Balaban J connectivity index is 1.84. The van der Waals surface area contributed by atoms with Crippen molar-refractivity contribution in [2.24, 2.45) is 5.92 Å². The van der Waals surface area contributed by atoms with Crippen LogP contribution in [0.1, 0.15) is 57.6 Å². The van der Waals surface area contributed by atoms with E-state index in [4.69, 9.17) is 9.47 Å². The van der Waals surface area contributed by atoms with E-state index in [1.165, 1.54) is 5.56 Å². The number of aliphatic hydroxyl groups is 2. The summed E-state index contributed by atoms with van der Waals surface area (Å²) in [5, 5.41) is 23.2. The van der Waals surface area contributed by atoms with Crippen molar-refractivity contribution in [1.82, 2.24) is 5.32 Å². The number of ether oxygens (including phenoxy) is 2. The Hall–Kier alpha value is -1.96. The van der Waals surface area contributed by atoms with Gasteiger partial charge in [0.15, 0.2) is 0 Å². The number of esters is 1. The van der Waals surface area contributed by atoms with Crippen LogP contribution in [0.3, 0.4) is 0 Å². The Kier molecular flexibility index (Phi) is 9.27. The number of benzene rings is 1. The molecule has 1 fully saturated rings. The first-order valence-electron chi connectivity index (χ1n) is 10.8. The average molecular weight is 422 g/mol. The number of hydrogen-bond acceptors (Lipinski definition) is 6. The molecular weight excluding hydrogens is 386 g/mol. The highest BCUT2D eigenvalue weighted by molar-refractivity contribution is 5.77. The van der Waals surface area contributed by atoms with Crippen molar-refractivity contribution in [2.75, 3.05) is 13.2 Å². The van der Waals surface area contributed by atoms with Crippen LogP contribution >= 0.6 is 0 Å². The number of hydrogen-bond donors (Lipinski definition) is 3. The Morgan fingerprint density at radius 3 is 2.43 bits per heavy atom. The zero-order valence-electron chi connectivity index (χ0n) is 18.3. The molecule has 1 saturated heterocycles. The summed E-state index contributed by atoms with van der Waals surface area (Å²) in [5.74, 6) is -0.509. The monoisotopic (exact) mass is 421 g/mol. The summed E-state index contributed by atoms with van der Waals surface area (Å²) in [6.45, 7) is 7.85. The zero-order chi connectivity index (χ0) is 22.3. The summed E-state index contributed by atoms with van der Waals surface area (Å²) < 4.78 is 10.9. The van der Waals surface area contributed by atoms with Gasteiger partial charge in [-0.2, -0.15) is 0 Å². The highest BCUT2D eigenvalue weighted by atomic mass is 16.6. The van der Waals surface area contributed by atoms with E-state index < -0.39 is 36.2 Å². The second-order valence-electron chi connectivity index (χ2n) is 8.47. The molecule has 3 N–H and O–H groups in total. The fourth-order valence-corrected chi connectivity index (χ4v) is 3.50. The lowest BCUT2D eigenvalue weighted by Gasteiger charge is -2.37. The summed E-state index contributed by atoms with van der Waals surface area (Å²) in [7, 11) is 0. The third kappa shape index (κ3) is 6.79. The lowest BCUT2D eigenvalue weighted by Crippen LogP contribution is -2.60. The quantitative estimate of drug-likeness (QED) is 0.526. The molecule has 168 valence electrons. The van der Waals surface area contributed by atoms with Gasteiger partial charge in [0.05, 0.1) is 18.6 Å². The fourth-order valence-electron chi connectivity index (χ4n) is 3.50. The molecule has 1 unspecified atom stereocenters. The van der Waals surface area contributed by atoms with Gasteiger partial charge in [0.25, 0.3) is 0 Å². The third-order valence-corrected chi connectivity index (χ3v) is 5.32. The maximum atomic E-state index is 12.4. The molecule has 0 radical (unpaired) electrons. The number of carbonyl (C=O) groups excluding carboxylic acids is 2. The van der Waals surface area contributed by atoms with Crippen LogP contribution in [-0.4, -0.2) is 59.7 Å². The minimum Gasteiger partial charge on any atom is -0.462 e. The molecule has 1 heterocycles. The summed E-state index contributed by atoms with van der Waals surface area (Å²) in [4.78, 5) is 24.2. The van der Waals surface area contributed by atoms with Gasteiger partial charge >= 0.3 is 5.97 Å². The molecule has 1 aromatic rings. The van der Waals surface area contributed by atoms with E-state index in [1.807, 2.05) is 31.2 Å². The van der Waals surface area contributed by atoms with Crippen LogP contribution in [0.4, 0.5) is 0 Å². The topological polar surface area (TPSA) is 105 Å². The van der Waals surface area contributed by atoms with E-state index >= 15 is 0 Å². The van der Waals surface area contributed by atoms with Crippen LogP contribution in [0, 0.1) is 5.92 Å². The largest absolute Gasteiger partial charge is 0.462 e. The maximum absolute atomic E-state index is 12.4. The van der Waals surface area contributed by atoms with Crippen molar-refractivity contribution in [1.29, 1.82) is 0 Å². The van der Waals surface area contributed by atoms with E-state index in [-0.39, 0.29) is 19.1 Å². The van der Waals surface area contributed by atoms with Crippen molar-refractivity contribution in [3.05, 3.63) is 35.4 Å². The van der Waals surface area contributed by atoms with Crippen molar-refractivity contribution in [3.8, 4) is 0 Å². The van der Waals surface area contributed by atoms with E-state index in [9.17, 15) is 19.8 Å². The SMILES string of the molecule is CCCC(=O)N[C@H]1CO[C@H](COC(=O)C(C)c2ccc(CC(C)C)cc2)[C@@H](O)[C@@H]1O. The summed E-state index contributed by atoms with van der Waals surface area (Å²) in [5.41, 5.74) is 2.08. The van der Waals surface area contributed by atoms with Gasteiger partial charge in [-0.3, -0.25) is 9.59 Å². The van der Waals surface area contributed by atoms with Crippen LogP contribution < -0.4 is 5.32 Å². The van der Waals surface area contributed by atoms with Crippen molar-refractivity contribution >= 4 is 11.9 Å². The first kappa shape index (κ1) is 24.3. The van der Waals surface area contributed by atoms with Crippen molar-refractivity contribution < 1.29 is 29.3 Å². The molecule has 30 heavy (non-hydrogen) atoms. The van der Waals surface area contributed by atoms with E-state index in [0.717, 1.165) is 12.0 Å². The van der Waals surface area contributed by atoms with Gasteiger partial charge in [-0.1, -0.05) is 45.0 Å². The molecule has 1 aliphatic rings. The second-order valence-corrected chi connectivity index (χ2v) is 8.47. The summed E-state index contributed by atoms with van der Waals surface area (Å²) >= 11 is 0. The molecule has 0 spiro atoms. The molecule has 0 aliphatic carbocycles. The van der Waals surface area contributed by atoms with Crippen molar-refractivity contribution in [3.63, 3.8) is 0 Å². The maximum Gasteiger partial charge on any atom is 0.313 e. The van der Waals surface area contributed by atoms with Gasteiger partial charge in [0, 0.05) is 6.42 Å². The minimum atomic E-state index is -1.26. The molecule has 1 amide bonds. The minimum absolute atomic E-state index is 0.0444. The molecule has 7 nitrogen and oxygen atoms in total. The van der Waals surface area contributed by atoms with Gasteiger partial charge in [-0.15, -0.1) is 0 Å². The van der Waals surface area contributed by atoms with Gasteiger partial charge in [0.1, 0.15) is 24.9 Å². The standard InChI is InChI=1S/C23H35NO6/c1-5-6-20(25)24-18-12-29-19(22(27)21(18)26)13-30-23(28)15(4)17-9-7-16(8-10-17)11-14(2)3/h7-10,14-15,18-19,21-22,26-27H,5-6,11-13H2,1-4H3,(H,24,25)/t15?,18-,19+,21+,22+/m0/s1. The molecule has 0 bridgehead atoms. The molecule has 7 heteroatoms. The number of rotatable bonds is 9. The lowest BCUT2D eigenvalue weighted by atomic mass is 9.96. The third-order valence-electron chi connectivity index (χ3n) is 5.32. The predicted molar refractivity (Wildman–Crippen MR) is 113 cm³/mol. The zero-order valence-corrected chi connectivity index (χ0v) is 18.3. The summed E-state index contributed by atoms with van der Waals surface area (Å²) in [6.07, 6.45) is -1.27. The van der Waals surface area contributed by atoms with Crippen LogP contribution in [0.15, 0.2) is 24.3 Å². The molecule has 1 aliphatic heterocycles. The highest BCUT2D eigenvalue weighted by Gasteiger charge is 2.39. The van der Waals surface area contributed by atoms with Crippen LogP contribution in [0.25, 0.3) is 0 Å². The molecule has 2 rings (SSSR count). The first-order valence-corrected chi connectivity index (χ1v) is 10.8. The lowest BCUT2D eigenvalue weighted by molar-refractivity contribution is -0.178. The average Bonchev–Trinajstić information content (AvgIpc) is 2.70. The molecular formula is C23H35NO6. The number of aliphatic hydroxyl groups excluding tert-OH is 2. The van der Waals surface area contributed by atoms with Crippen molar-refractivity contribution in [2.45, 2.75) is 77.2 Å². The normalized spacial score (nSPS) is 25.0. The Bertz CT molecular complexity index is 689. The second kappa shape index (κ2) is 11.4. The number of carbonyl (C=O) groups is 2. The Labute approximate surface area is 178 Å². The van der Waals surface area contributed by atoms with E-state index in [2.05, 4.69) is 19.2 Å². The molecule has 1 aromatic carbocycles. The van der Waals surface area contributed by atoms with E-state index in [0.29, 0.717) is 18.8 Å². The molecule has 0 aromatic heterocycles. The van der Waals surface area contributed by atoms with E-state index in [1.54, 1.807) is 6.92 Å². The Morgan fingerprint density at radius 2 is 1.83 bits per heavy atom. The van der Waals surface area contributed by atoms with Gasteiger partial charge < -0.3 is 25.0 Å². The molecule has 0 saturated carbocycles. The van der Waals surface area contributed by atoms with Crippen LogP contribution in [0.5, 0.6) is 0 Å². The van der Waals surface area contributed by atoms with Gasteiger partial charge in [0.2, 0.25) is 5.91 Å². The van der Waals surface area contributed by atoms with Gasteiger partial charge in [-0.25, -0.2) is 0 Å². The first-order chi connectivity index (χ1) is 14.2. The predicted octanol–water partition coefficient (Wildman–Crippen LogP) is 1.94. The number of amides is 1. The molecule has 5 atom stereocenters. The summed E-state index contributed by atoms with van der Waals surface area (Å²) in [6, 6.07) is 7.23.